The van der Waals surface area contributed by atoms with E-state index in [-0.39, 0.29) is 36.2 Å². The number of rotatable bonds is 5. The summed E-state index contributed by atoms with van der Waals surface area (Å²) in [5.41, 5.74) is 4.63. The third-order valence-electron chi connectivity index (χ3n) is 5.20. The molecule has 1 aliphatic heterocycles. The third kappa shape index (κ3) is 5.26. The number of β-amino-alcohol motifs (C(OH)–C–C–N with tert-alkyl or cyclic N) is 1. The fraction of sp³-hybridized carbons (Fsp3) is 0.478. The molecule has 30 heavy (non-hydrogen) atoms. The normalized spacial score (nSPS) is 20.3. The van der Waals surface area contributed by atoms with Crippen molar-refractivity contribution in [3.05, 3.63) is 47.5 Å². The minimum absolute atomic E-state index is 0.181. The minimum atomic E-state index is -0.685. The topological polar surface area (TPSA) is 82.5 Å². The second kappa shape index (κ2) is 8.86. The van der Waals surface area contributed by atoms with Gasteiger partial charge in [-0.3, -0.25) is 9.59 Å². The zero-order chi connectivity index (χ0) is 22.1. The second-order valence-corrected chi connectivity index (χ2v) is 9.88. The molecule has 2 amide bonds. The molecule has 1 saturated heterocycles. The van der Waals surface area contributed by atoms with Crippen LogP contribution in [0.4, 0.5) is 0 Å². The van der Waals surface area contributed by atoms with Crippen LogP contribution in [0, 0.1) is 18.8 Å². The lowest BCUT2D eigenvalue weighted by Crippen LogP contribution is -2.47. The van der Waals surface area contributed by atoms with Crippen LogP contribution in [0.5, 0.6) is 0 Å². The van der Waals surface area contributed by atoms with Crippen LogP contribution >= 0.6 is 11.3 Å². The molecule has 161 valence electrons. The molecular weight excluding hydrogens is 398 g/mol. The summed E-state index contributed by atoms with van der Waals surface area (Å²) in [5, 5.41) is 13.1. The number of nitrogens with zero attached hydrogens (tertiary/aromatic N) is 2. The number of aryl methyl sites for hydroxylation is 1. The van der Waals surface area contributed by atoms with E-state index in [0.717, 1.165) is 21.7 Å². The zero-order valence-electron chi connectivity index (χ0n) is 18.2. The molecule has 1 aliphatic rings. The van der Waals surface area contributed by atoms with Gasteiger partial charge in [0, 0.05) is 13.0 Å². The number of benzene rings is 1. The highest BCUT2D eigenvalue weighted by atomic mass is 32.1. The van der Waals surface area contributed by atoms with Crippen molar-refractivity contribution in [3.8, 4) is 10.4 Å². The summed E-state index contributed by atoms with van der Waals surface area (Å²) in [6.45, 7) is 9.90. The number of carbonyl (C=O) groups excluding carboxylic acids is 2. The molecular formula is C23H30N3O3S. The largest absolute Gasteiger partial charge is 0.391 e. The Kier molecular flexibility index (Phi) is 6.62. The average Bonchev–Trinajstić information content (AvgIpc) is 3.26. The Morgan fingerprint density at radius 2 is 1.97 bits per heavy atom. The highest BCUT2D eigenvalue weighted by Gasteiger charge is 2.40. The lowest BCUT2D eigenvalue weighted by Gasteiger charge is -2.28. The van der Waals surface area contributed by atoms with Gasteiger partial charge < -0.3 is 15.3 Å². The maximum atomic E-state index is 12.9. The first-order chi connectivity index (χ1) is 14.0. The monoisotopic (exact) mass is 428 g/mol. The molecule has 3 rings (SSSR count). The minimum Gasteiger partial charge on any atom is -0.391 e. The molecule has 0 saturated carbocycles. The van der Waals surface area contributed by atoms with Gasteiger partial charge in [-0.25, -0.2) is 4.98 Å². The Morgan fingerprint density at radius 1 is 1.30 bits per heavy atom. The number of thiazole rings is 1. The molecule has 1 aromatic carbocycles. The van der Waals surface area contributed by atoms with E-state index in [1.807, 2.05) is 64.4 Å². The van der Waals surface area contributed by atoms with Gasteiger partial charge in [0.05, 0.1) is 34.6 Å². The number of nitrogens with one attached hydrogen (secondary N) is 1. The molecule has 2 N–H and O–H groups in total. The fourth-order valence-electron chi connectivity index (χ4n) is 3.65. The standard InChI is InChI=1S/C23H30N3O3S/c1-14(16-6-8-17(9-7-16)21-15(2)24-13-30-21)25-22(29)19-10-18(27)12-26(19)20(28)11-23(3,4)5/h6-9,11,13-14,18-19,27H,10,12H2,1-5H3,(H,25,29)/t14-,18+,19-/m0/s1. The van der Waals surface area contributed by atoms with Gasteiger partial charge in [-0.15, -0.1) is 11.3 Å². The van der Waals surface area contributed by atoms with E-state index in [9.17, 15) is 14.7 Å². The number of likely N-dealkylation sites (tertiary alicyclic amines) is 1. The lowest BCUT2D eigenvalue weighted by atomic mass is 9.91. The molecule has 1 fully saturated rings. The number of amides is 2. The van der Waals surface area contributed by atoms with Crippen molar-refractivity contribution in [1.82, 2.24) is 15.2 Å². The fourth-order valence-corrected chi connectivity index (χ4v) is 4.47. The Labute approximate surface area is 182 Å². The van der Waals surface area contributed by atoms with Gasteiger partial charge >= 0.3 is 0 Å². The van der Waals surface area contributed by atoms with Crippen LogP contribution < -0.4 is 5.32 Å². The van der Waals surface area contributed by atoms with Crippen molar-refractivity contribution in [3.63, 3.8) is 0 Å². The molecule has 1 aromatic heterocycles. The van der Waals surface area contributed by atoms with Crippen molar-refractivity contribution in [2.24, 2.45) is 5.41 Å². The van der Waals surface area contributed by atoms with E-state index in [4.69, 9.17) is 0 Å². The SMILES string of the molecule is Cc1ncsc1-c1ccc([C@H](C)NC(=O)[C@@H]2C[C@@H](O)CN2C(=O)[CH]C(C)(C)C)cc1. The first-order valence-electron chi connectivity index (χ1n) is 10.2. The number of carbonyl (C=O) groups is 2. The van der Waals surface area contributed by atoms with Gasteiger partial charge in [-0.2, -0.15) is 0 Å². The summed E-state index contributed by atoms with van der Waals surface area (Å²) in [5.74, 6) is -0.451. The van der Waals surface area contributed by atoms with E-state index in [1.54, 1.807) is 17.8 Å². The number of aromatic nitrogens is 1. The van der Waals surface area contributed by atoms with Crippen molar-refractivity contribution in [2.75, 3.05) is 6.54 Å². The highest BCUT2D eigenvalue weighted by Crippen LogP contribution is 2.29. The smallest absolute Gasteiger partial charge is 0.243 e. The van der Waals surface area contributed by atoms with Gasteiger partial charge in [-0.1, -0.05) is 45.0 Å². The molecule has 1 radical (unpaired) electrons. The molecule has 0 aliphatic carbocycles. The van der Waals surface area contributed by atoms with Crippen LogP contribution in [0.1, 0.15) is 51.4 Å². The van der Waals surface area contributed by atoms with Crippen molar-refractivity contribution in [1.29, 1.82) is 0 Å². The molecule has 0 spiro atoms. The first-order valence-corrected chi connectivity index (χ1v) is 11.1. The number of hydrogen-bond donors (Lipinski definition) is 2. The molecule has 3 atom stereocenters. The molecule has 2 heterocycles. The molecule has 6 nitrogen and oxygen atoms in total. The van der Waals surface area contributed by atoms with Crippen molar-refractivity contribution in [2.45, 2.75) is 59.2 Å². The first kappa shape index (κ1) is 22.4. The van der Waals surface area contributed by atoms with Crippen molar-refractivity contribution < 1.29 is 14.7 Å². The predicted octanol–water partition coefficient (Wildman–Crippen LogP) is 3.51. The Balaban J connectivity index is 1.66. The Bertz CT molecular complexity index is 901. The van der Waals surface area contributed by atoms with Gasteiger partial charge in [0.15, 0.2) is 0 Å². The second-order valence-electron chi connectivity index (χ2n) is 9.03. The molecule has 0 bridgehead atoms. The van der Waals surface area contributed by atoms with E-state index in [2.05, 4.69) is 10.3 Å². The van der Waals surface area contributed by atoms with Crippen LogP contribution in [0.25, 0.3) is 10.4 Å². The maximum Gasteiger partial charge on any atom is 0.243 e. The molecule has 7 heteroatoms. The summed E-state index contributed by atoms with van der Waals surface area (Å²) in [6, 6.07) is 7.19. The van der Waals surface area contributed by atoms with Crippen LogP contribution in [0.3, 0.4) is 0 Å². The van der Waals surface area contributed by atoms with E-state index < -0.39 is 12.1 Å². The average molecular weight is 429 g/mol. The quantitative estimate of drug-likeness (QED) is 0.764. The third-order valence-corrected chi connectivity index (χ3v) is 6.18. The molecule has 2 aromatic rings. The van der Waals surface area contributed by atoms with Gasteiger partial charge in [0.1, 0.15) is 6.04 Å². The van der Waals surface area contributed by atoms with Gasteiger partial charge in [-0.05, 0) is 30.4 Å². The van der Waals surface area contributed by atoms with Crippen LogP contribution in [-0.2, 0) is 9.59 Å². The van der Waals surface area contributed by atoms with E-state index >= 15 is 0 Å². The zero-order valence-corrected chi connectivity index (χ0v) is 19.0. The Morgan fingerprint density at radius 3 is 2.53 bits per heavy atom. The summed E-state index contributed by atoms with van der Waals surface area (Å²) < 4.78 is 0. The lowest BCUT2D eigenvalue weighted by molar-refractivity contribution is -0.137. The number of hydrogen-bond acceptors (Lipinski definition) is 5. The van der Waals surface area contributed by atoms with Crippen LogP contribution in [0.15, 0.2) is 29.8 Å². The number of aliphatic hydroxyl groups excluding tert-OH is 1. The molecule has 0 unspecified atom stereocenters. The van der Waals surface area contributed by atoms with E-state index in [0.29, 0.717) is 0 Å². The van der Waals surface area contributed by atoms with Gasteiger partial charge in [0.25, 0.3) is 0 Å². The summed E-state index contributed by atoms with van der Waals surface area (Å²) in [6.07, 6.45) is 1.18. The Hall–Kier alpha value is -2.25. The summed E-state index contributed by atoms with van der Waals surface area (Å²) >= 11 is 1.61. The van der Waals surface area contributed by atoms with Gasteiger partial charge in [0.2, 0.25) is 11.8 Å². The van der Waals surface area contributed by atoms with Crippen LogP contribution in [-0.4, -0.2) is 45.5 Å². The highest BCUT2D eigenvalue weighted by molar-refractivity contribution is 7.13. The van der Waals surface area contributed by atoms with Crippen molar-refractivity contribution >= 4 is 23.2 Å². The van der Waals surface area contributed by atoms with Crippen LogP contribution in [0.2, 0.25) is 0 Å². The predicted molar refractivity (Wildman–Crippen MR) is 119 cm³/mol. The van der Waals surface area contributed by atoms with E-state index in [1.165, 1.54) is 4.90 Å². The maximum absolute atomic E-state index is 12.9. The summed E-state index contributed by atoms with van der Waals surface area (Å²) in [4.78, 5) is 32.5. The number of aliphatic hydroxyl groups is 1. The summed E-state index contributed by atoms with van der Waals surface area (Å²) in [7, 11) is 0.